The van der Waals surface area contributed by atoms with Crippen LogP contribution in [-0.2, 0) is 4.79 Å². The fourth-order valence-corrected chi connectivity index (χ4v) is 3.75. The second kappa shape index (κ2) is 6.97. The predicted molar refractivity (Wildman–Crippen MR) is 114 cm³/mol. The fraction of sp³-hybridized carbons (Fsp3) is 0.130. The van der Waals surface area contributed by atoms with E-state index in [0.717, 1.165) is 22.2 Å². The highest BCUT2D eigenvalue weighted by molar-refractivity contribution is 7.80. The van der Waals surface area contributed by atoms with Gasteiger partial charge in [0.05, 0.1) is 11.7 Å². The molecule has 0 spiro atoms. The van der Waals surface area contributed by atoms with E-state index in [0.29, 0.717) is 10.7 Å². The number of fused-ring (bicyclic) bond motifs is 1. The first-order valence-corrected chi connectivity index (χ1v) is 9.32. The minimum atomic E-state index is -0.280. The Morgan fingerprint density at radius 2 is 1.67 bits per heavy atom. The van der Waals surface area contributed by atoms with Crippen LogP contribution in [0.15, 0.2) is 72.3 Å². The minimum absolute atomic E-state index is 0.0197. The van der Waals surface area contributed by atoms with Crippen LogP contribution in [0.3, 0.4) is 0 Å². The average Bonchev–Trinajstić information content (AvgIpc) is 2.67. The van der Waals surface area contributed by atoms with Gasteiger partial charge in [-0.2, -0.15) is 0 Å². The van der Waals surface area contributed by atoms with Crippen LogP contribution in [0.2, 0.25) is 0 Å². The van der Waals surface area contributed by atoms with Crippen LogP contribution < -0.4 is 10.6 Å². The van der Waals surface area contributed by atoms with Gasteiger partial charge in [-0.1, -0.05) is 66.2 Å². The highest BCUT2D eigenvalue weighted by atomic mass is 32.1. The quantitative estimate of drug-likeness (QED) is 0.656. The maximum absolute atomic E-state index is 12.6. The first-order valence-electron chi connectivity index (χ1n) is 8.91. The van der Waals surface area contributed by atoms with Crippen LogP contribution >= 0.6 is 12.2 Å². The van der Waals surface area contributed by atoms with Crippen molar-refractivity contribution in [3.05, 3.63) is 89.0 Å². The number of hydrogen-bond donors (Lipinski definition) is 2. The van der Waals surface area contributed by atoms with Crippen LogP contribution in [0.1, 0.15) is 29.7 Å². The Bertz CT molecular complexity index is 1080. The molecule has 134 valence electrons. The molecule has 0 amide bonds. The summed E-state index contributed by atoms with van der Waals surface area (Å²) in [6.07, 6.45) is 0. The van der Waals surface area contributed by atoms with Gasteiger partial charge in [0, 0.05) is 5.57 Å². The third-order valence-electron chi connectivity index (χ3n) is 4.90. The SMILES string of the molecule is CC(=O)C1=C(c2ccc(C)cc2)NC(=S)N[C@H]1c1ccc2ccccc2c1. The number of rotatable bonds is 3. The van der Waals surface area contributed by atoms with Gasteiger partial charge in [-0.3, -0.25) is 4.79 Å². The van der Waals surface area contributed by atoms with E-state index >= 15 is 0 Å². The Labute approximate surface area is 164 Å². The highest BCUT2D eigenvalue weighted by Crippen LogP contribution is 2.33. The summed E-state index contributed by atoms with van der Waals surface area (Å²) in [5.41, 5.74) is 4.63. The number of ketones is 1. The third kappa shape index (κ3) is 3.36. The van der Waals surface area contributed by atoms with Gasteiger partial charge >= 0.3 is 0 Å². The lowest BCUT2D eigenvalue weighted by atomic mass is 9.89. The molecule has 0 bridgehead atoms. The number of nitrogens with one attached hydrogen (secondary N) is 2. The van der Waals surface area contributed by atoms with E-state index in [1.165, 1.54) is 10.9 Å². The van der Waals surface area contributed by atoms with Crippen LogP contribution in [0.5, 0.6) is 0 Å². The second-order valence-electron chi connectivity index (χ2n) is 6.85. The zero-order valence-corrected chi connectivity index (χ0v) is 16.1. The van der Waals surface area contributed by atoms with E-state index in [4.69, 9.17) is 12.2 Å². The molecule has 1 heterocycles. The Hall–Kier alpha value is -2.98. The van der Waals surface area contributed by atoms with Crippen molar-refractivity contribution in [1.29, 1.82) is 0 Å². The lowest BCUT2D eigenvalue weighted by Crippen LogP contribution is -2.44. The largest absolute Gasteiger partial charge is 0.351 e. The Morgan fingerprint density at radius 1 is 0.963 bits per heavy atom. The number of thiocarbonyl (C=S) groups is 1. The third-order valence-corrected chi connectivity index (χ3v) is 5.12. The van der Waals surface area contributed by atoms with Crippen molar-refractivity contribution >= 4 is 39.6 Å². The molecular formula is C23H20N2OS. The van der Waals surface area contributed by atoms with Gasteiger partial charge in [0.15, 0.2) is 10.9 Å². The van der Waals surface area contributed by atoms with Crippen molar-refractivity contribution in [1.82, 2.24) is 10.6 Å². The number of carbonyl (C=O) groups is 1. The average molecular weight is 372 g/mol. The van der Waals surface area contributed by atoms with Crippen molar-refractivity contribution in [2.75, 3.05) is 0 Å². The van der Waals surface area contributed by atoms with Crippen molar-refractivity contribution in [2.45, 2.75) is 19.9 Å². The van der Waals surface area contributed by atoms with Crippen LogP contribution in [0, 0.1) is 6.92 Å². The summed E-state index contributed by atoms with van der Waals surface area (Å²) in [5.74, 6) is 0.0197. The summed E-state index contributed by atoms with van der Waals surface area (Å²) in [7, 11) is 0. The van der Waals surface area contributed by atoms with Crippen LogP contribution in [-0.4, -0.2) is 10.9 Å². The van der Waals surface area contributed by atoms with Gasteiger partial charge in [-0.25, -0.2) is 0 Å². The highest BCUT2D eigenvalue weighted by Gasteiger charge is 2.30. The summed E-state index contributed by atoms with van der Waals surface area (Å²) in [6, 6.07) is 22.3. The maximum atomic E-state index is 12.6. The Kier molecular flexibility index (Phi) is 4.50. The van der Waals surface area contributed by atoms with E-state index in [9.17, 15) is 4.79 Å². The van der Waals surface area contributed by atoms with Gasteiger partial charge in [0.1, 0.15) is 0 Å². The van der Waals surface area contributed by atoms with E-state index in [1.807, 2.05) is 43.3 Å². The normalized spacial score (nSPS) is 16.8. The first-order chi connectivity index (χ1) is 13.0. The Balaban J connectivity index is 1.88. The molecule has 2 N–H and O–H groups in total. The van der Waals surface area contributed by atoms with E-state index in [1.54, 1.807) is 6.92 Å². The molecule has 0 saturated heterocycles. The standard InChI is InChI=1S/C23H20N2OS/c1-14-7-9-17(10-8-14)21-20(15(2)26)22(25-23(27)24-21)19-12-11-16-5-3-4-6-18(16)13-19/h3-13,22H,1-2H3,(H2,24,25,27)/t22-/m0/s1. The number of carbonyl (C=O) groups excluding carboxylic acids is 1. The number of hydrogen-bond acceptors (Lipinski definition) is 2. The van der Waals surface area contributed by atoms with Crippen molar-refractivity contribution < 1.29 is 4.79 Å². The molecule has 3 aromatic rings. The molecule has 1 atom stereocenters. The molecule has 0 aromatic heterocycles. The molecule has 27 heavy (non-hydrogen) atoms. The molecule has 3 aromatic carbocycles. The summed E-state index contributed by atoms with van der Waals surface area (Å²) >= 11 is 5.45. The summed E-state index contributed by atoms with van der Waals surface area (Å²) in [4.78, 5) is 12.6. The first kappa shape index (κ1) is 17.4. The van der Waals surface area contributed by atoms with Gasteiger partial charge < -0.3 is 10.6 Å². The Morgan fingerprint density at radius 3 is 2.37 bits per heavy atom. The van der Waals surface area contributed by atoms with E-state index in [2.05, 4.69) is 41.0 Å². The molecule has 4 rings (SSSR count). The van der Waals surface area contributed by atoms with Gasteiger partial charge in [0.2, 0.25) is 0 Å². The fourth-order valence-electron chi connectivity index (χ4n) is 3.53. The second-order valence-corrected chi connectivity index (χ2v) is 7.26. The molecule has 0 radical (unpaired) electrons. The molecule has 3 nitrogen and oxygen atoms in total. The lowest BCUT2D eigenvalue weighted by molar-refractivity contribution is -0.113. The summed E-state index contributed by atoms with van der Waals surface area (Å²) in [5, 5.41) is 9.31. The molecule has 0 unspecified atom stereocenters. The maximum Gasteiger partial charge on any atom is 0.171 e. The van der Waals surface area contributed by atoms with Gasteiger partial charge in [-0.05, 0) is 54.0 Å². The molecule has 0 saturated carbocycles. The number of Topliss-reactive ketones (excluding diaryl/α,β-unsaturated/α-hetero) is 1. The van der Waals surface area contributed by atoms with Gasteiger partial charge in [-0.15, -0.1) is 0 Å². The molecule has 0 fully saturated rings. The molecule has 4 heteroatoms. The molecule has 1 aliphatic heterocycles. The summed E-state index contributed by atoms with van der Waals surface area (Å²) in [6.45, 7) is 3.65. The molecular weight excluding hydrogens is 352 g/mol. The molecule has 1 aliphatic rings. The zero-order valence-electron chi connectivity index (χ0n) is 15.2. The molecule has 0 aliphatic carbocycles. The zero-order chi connectivity index (χ0) is 19.0. The summed E-state index contributed by atoms with van der Waals surface area (Å²) < 4.78 is 0. The number of aryl methyl sites for hydroxylation is 1. The smallest absolute Gasteiger partial charge is 0.171 e. The van der Waals surface area contributed by atoms with Gasteiger partial charge in [0.25, 0.3) is 0 Å². The van der Waals surface area contributed by atoms with Crippen LogP contribution in [0.4, 0.5) is 0 Å². The van der Waals surface area contributed by atoms with E-state index < -0.39 is 0 Å². The lowest BCUT2D eigenvalue weighted by Gasteiger charge is -2.31. The van der Waals surface area contributed by atoms with E-state index in [-0.39, 0.29) is 11.8 Å². The monoisotopic (exact) mass is 372 g/mol. The van der Waals surface area contributed by atoms with Crippen molar-refractivity contribution in [3.8, 4) is 0 Å². The van der Waals surface area contributed by atoms with Crippen LogP contribution in [0.25, 0.3) is 16.5 Å². The van der Waals surface area contributed by atoms with Crippen molar-refractivity contribution in [3.63, 3.8) is 0 Å². The number of benzene rings is 3. The topological polar surface area (TPSA) is 41.1 Å². The minimum Gasteiger partial charge on any atom is -0.351 e. The van der Waals surface area contributed by atoms with Crippen molar-refractivity contribution in [2.24, 2.45) is 0 Å². The predicted octanol–water partition coefficient (Wildman–Crippen LogP) is 4.67.